The maximum Gasteiger partial charge on any atom is 0.270 e. The Morgan fingerprint density at radius 3 is 2.47 bits per heavy atom. The summed E-state index contributed by atoms with van der Waals surface area (Å²) in [6.45, 7) is 3.69. The molecule has 1 aliphatic rings. The van der Waals surface area contributed by atoms with Crippen LogP contribution in [-0.4, -0.2) is 58.5 Å². The second-order valence-electron chi connectivity index (χ2n) is 7.17. The first kappa shape index (κ1) is 21.2. The minimum Gasteiger partial charge on any atom is -0.497 e. The van der Waals surface area contributed by atoms with Gasteiger partial charge in [-0.05, 0) is 30.3 Å². The van der Waals surface area contributed by atoms with Crippen molar-refractivity contribution < 1.29 is 9.53 Å². The SMILES string of the molecule is COc1ccc(-c2nc(CN3CCN(C(=O)c4cc(Cl)c(Cl)n4C)CC3)cs2)cc1. The molecule has 1 saturated heterocycles. The number of piperazine rings is 1. The van der Waals surface area contributed by atoms with E-state index in [1.165, 1.54) is 0 Å². The topological polar surface area (TPSA) is 50.6 Å². The van der Waals surface area contributed by atoms with E-state index in [9.17, 15) is 4.79 Å². The average molecular weight is 465 g/mol. The van der Waals surface area contributed by atoms with Crippen LogP contribution in [0.15, 0.2) is 35.7 Å². The van der Waals surface area contributed by atoms with Gasteiger partial charge in [-0.2, -0.15) is 0 Å². The van der Waals surface area contributed by atoms with E-state index >= 15 is 0 Å². The van der Waals surface area contributed by atoms with Crippen LogP contribution in [0.5, 0.6) is 5.75 Å². The van der Waals surface area contributed by atoms with Gasteiger partial charge in [0.25, 0.3) is 5.91 Å². The number of thiazole rings is 1. The fourth-order valence-electron chi connectivity index (χ4n) is 3.49. The molecule has 158 valence electrons. The number of hydrogen-bond donors (Lipinski definition) is 0. The summed E-state index contributed by atoms with van der Waals surface area (Å²) in [6, 6.07) is 9.57. The van der Waals surface area contributed by atoms with E-state index in [0.717, 1.165) is 41.6 Å². The molecule has 0 N–H and O–H groups in total. The monoisotopic (exact) mass is 464 g/mol. The molecule has 1 aromatic carbocycles. The first-order valence-corrected chi connectivity index (χ1v) is 11.2. The Labute approximate surface area is 189 Å². The number of hydrogen-bond acceptors (Lipinski definition) is 5. The van der Waals surface area contributed by atoms with Gasteiger partial charge >= 0.3 is 0 Å². The Morgan fingerprint density at radius 1 is 1.17 bits per heavy atom. The number of rotatable bonds is 5. The number of carbonyl (C=O) groups is 1. The largest absolute Gasteiger partial charge is 0.497 e. The lowest BCUT2D eigenvalue weighted by atomic mass is 10.2. The lowest BCUT2D eigenvalue weighted by Crippen LogP contribution is -2.48. The third kappa shape index (κ3) is 4.34. The molecule has 1 fully saturated rings. The van der Waals surface area contributed by atoms with E-state index in [4.69, 9.17) is 32.9 Å². The van der Waals surface area contributed by atoms with Crippen molar-refractivity contribution >= 4 is 40.4 Å². The highest BCUT2D eigenvalue weighted by Gasteiger charge is 2.25. The second kappa shape index (κ2) is 8.98. The smallest absolute Gasteiger partial charge is 0.270 e. The van der Waals surface area contributed by atoms with Crippen LogP contribution in [0.25, 0.3) is 10.6 Å². The fourth-order valence-corrected chi connectivity index (χ4v) is 4.69. The van der Waals surface area contributed by atoms with E-state index in [2.05, 4.69) is 10.3 Å². The summed E-state index contributed by atoms with van der Waals surface area (Å²) < 4.78 is 6.85. The van der Waals surface area contributed by atoms with Crippen LogP contribution in [0.3, 0.4) is 0 Å². The number of benzene rings is 1. The molecule has 0 radical (unpaired) electrons. The molecule has 0 unspecified atom stereocenters. The molecule has 3 aromatic rings. The maximum absolute atomic E-state index is 12.8. The lowest BCUT2D eigenvalue weighted by Gasteiger charge is -2.34. The van der Waals surface area contributed by atoms with Gasteiger partial charge < -0.3 is 14.2 Å². The highest BCUT2D eigenvalue weighted by Crippen LogP contribution is 2.27. The van der Waals surface area contributed by atoms with Crippen molar-refractivity contribution in [3.05, 3.63) is 57.3 Å². The molecule has 0 spiro atoms. The number of ether oxygens (including phenoxy) is 1. The van der Waals surface area contributed by atoms with Crippen molar-refractivity contribution in [2.45, 2.75) is 6.54 Å². The van der Waals surface area contributed by atoms with Crippen molar-refractivity contribution in [1.29, 1.82) is 0 Å². The molecule has 1 aliphatic heterocycles. The van der Waals surface area contributed by atoms with Crippen LogP contribution in [0.4, 0.5) is 0 Å². The number of methoxy groups -OCH3 is 1. The normalized spacial score (nSPS) is 14.9. The zero-order chi connectivity index (χ0) is 21.3. The summed E-state index contributed by atoms with van der Waals surface area (Å²) in [5.74, 6) is 0.796. The van der Waals surface area contributed by atoms with Gasteiger partial charge in [0.1, 0.15) is 21.6 Å². The summed E-state index contributed by atoms with van der Waals surface area (Å²) in [7, 11) is 3.41. The molecule has 0 atom stereocenters. The van der Waals surface area contributed by atoms with Gasteiger partial charge in [-0.25, -0.2) is 4.98 Å². The van der Waals surface area contributed by atoms with E-state index in [1.807, 2.05) is 29.2 Å². The van der Waals surface area contributed by atoms with Gasteiger partial charge in [0.15, 0.2) is 0 Å². The molecule has 2 aromatic heterocycles. The third-order valence-corrected chi connectivity index (χ3v) is 7.05. The first-order valence-electron chi connectivity index (χ1n) is 9.57. The minimum absolute atomic E-state index is 0.0404. The van der Waals surface area contributed by atoms with Gasteiger partial charge in [-0.1, -0.05) is 23.2 Å². The van der Waals surface area contributed by atoms with E-state index in [0.29, 0.717) is 29.0 Å². The van der Waals surface area contributed by atoms with Crippen LogP contribution in [0, 0.1) is 0 Å². The molecule has 0 saturated carbocycles. The number of halogens is 2. The molecule has 3 heterocycles. The molecule has 0 bridgehead atoms. The highest BCUT2D eigenvalue weighted by molar-refractivity contribution is 7.13. The first-order chi connectivity index (χ1) is 14.5. The molecule has 1 amide bonds. The van der Waals surface area contributed by atoms with Crippen molar-refractivity contribution in [3.63, 3.8) is 0 Å². The quantitative estimate of drug-likeness (QED) is 0.560. The van der Waals surface area contributed by atoms with E-state index in [1.54, 1.807) is 36.1 Å². The van der Waals surface area contributed by atoms with Crippen LogP contribution in [0.1, 0.15) is 16.2 Å². The fraction of sp³-hybridized carbons (Fsp3) is 0.333. The van der Waals surface area contributed by atoms with Crippen molar-refractivity contribution in [3.8, 4) is 16.3 Å². The van der Waals surface area contributed by atoms with Gasteiger partial charge in [0.2, 0.25) is 0 Å². The van der Waals surface area contributed by atoms with Gasteiger partial charge in [-0.3, -0.25) is 9.69 Å². The van der Waals surface area contributed by atoms with E-state index < -0.39 is 0 Å². The Kier molecular flexibility index (Phi) is 6.34. The average Bonchev–Trinajstić information content (AvgIpc) is 3.34. The molecular formula is C21H22Cl2N4O2S. The lowest BCUT2D eigenvalue weighted by molar-refractivity contribution is 0.0618. The van der Waals surface area contributed by atoms with Gasteiger partial charge in [0, 0.05) is 50.7 Å². The summed E-state index contributed by atoms with van der Waals surface area (Å²) in [6.07, 6.45) is 0. The Hall–Kier alpha value is -2.06. The Morgan fingerprint density at radius 2 is 1.87 bits per heavy atom. The van der Waals surface area contributed by atoms with Crippen molar-refractivity contribution in [2.75, 3.05) is 33.3 Å². The van der Waals surface area contributed by atoms with Crippen LogP contribution in [-0.2, 0) is 13.6 Å². The zero-order valence-corrected chi connectivity index (χ0v) is 19.1. The second-order valence-corrected chi connectivity index (χ2v) is 8.79. The maximum atomic E-state index is 12.8. The van der Waals surface area contributed by atoms with Crippen molar-refractivity contribution in [2.24, 2.45) is 7.05 Å². The summed E-state index contributed by atoms with van der Waals surface area (Å²) >= 11 is 13.8. The van der Waals surface area contributed by atoms with Crippen LogP contribution < -0.4 is 4.74 Å². The predicted octanol–water partition coefficient (Wildman–Crippen LogP) is 4.42. The predicted molar refractivity (Wildman–Crippen MR) is 121 cm³/mol. The van der Waals surface area contributed by atoms with Gasteiger partial charge in [-0.15, -0.1) is 11.3 Å². The van der Waals surface area contributed by atoms with Crippen LogP contribution in [0.2, 0.25) is 10.2 Å². The Bertz CT molecular complexity index is 1040. The number of nitrogens with zero attached hydrogens (tertiary/aromatic N) is 4. The van der Waals surface area contributed by atoms with Crippen LogP contribution >= 0.6 is 34.5 Å². The Balaban J connectivity index is 1.34. The third-order valence-electron chi connectivity index (χ3n) is 5.27. The number of amides is 1. The van der Waals surface area contributed by atoms with E-state index in [-0.39, 0.29) is 5.91 Å². The molecule has 0 aliphatic carbocycles. The summed E-state index contributed by atoms with van der Waals surface area (Å²) in [5.41, 5.74) is 2.65. The van der Waals surface area contributed by atoms with Crippen molar-refractivity contribution in [1.82, 2.24) is 19.4 Å². The summed E-state index contributed by atoms with van der Waals surface area (Å²) in [5, 5.41) is 3.89. The minimum atomic E-state index is -0.0404. The number of carbonyl (C=O) groups excluding carboxylic acids is 1. The highest BCUT2D eigenvalue weighted by atomic mass is 35.5. The van der Waals surface area contributed by atoms with Gasteiger partial charge in [0.05, 0.1) is 17.8 Å². The molecule has 30 heavy (non-hydrogen) atoms. The summed E-state index contributed by atoms with van der Waals surface area (Å²) in [4.78, 5) is 21.8. The number of aromatic nitrogens is 2. The molecule has 9 heteroatoms. The molecule has 6 nitrogen and oxygen atoms in total. The standard InChI is InChI=1S/C21H22Cl2N4O2S/c1-25-18(11-17(22)19(25)23)21(28)27-9-7-26(8-10-27)12-15-13-30-20(24-15)14-3-5-16(29-2)6-4-14/h3-6,11,13H,7-10,12H2,1-2H3. The zero-order valence-electron chi connectivity index (χ0n) is 16.8. The molecule has 4 rings (SSSR count). The molecular weight excluding hydrogens is 443 g/mol.